The number of alkyl halides is 1. The third-order valence-corrected chi connectivity index (χ3v) is 5.85. The van der Waals surface area contributed by atoms with Gasteiger partial charge in [-0.05, 0) is 19.1 Å². The molecule has 0 unspecified atom stereocenters. The summed E-state index contributed by atoms with van der Waals surface area (Å²) in [5.74, 6) is 0.0921. The van der Waals surface area contributed by atoms with Gasteiger partial charge in [-0.1, -0.05) is 57.9 Å². The Kier molecular flexibility index (Phi) is 5.80. The van der Waals surface area contributed by atoms with Gasteiger partial charge in [0.15, 0.2) is 0 Å². The number of benzene rings is 2. The van der Waals surface area contributed by atoms with Crippen molar-refractivity contribution in [2.75, 3.05) is 11.2 Å². The molecule has 1 N–H and O–H groups in total. The minimum atomic E-state index is -0.300. The van der Waals surface area contributed by atoms with Crippen LogP contribution in [0.15, 0.2) is 64.5 Å². The number of rotatable bonds is 5. The van der Waals surface area contributed by atoms with Gasteiger partial charge in [-0.25, -0.2) is 4.98 Å². The lowest BCUT2D eigenvalue weighted by atomic mass is 10.1. The van der Waals surface area contributed by atoms with E-state index < -0.39 is 0 Å². The predicted octanol–water partition coefficient (Wildman–Crippen LogP) is 5.91. The number of anilines is 1. The Morgan fingerprint density at radius 2 is 1.76 bits per heavy atom. The smallest absolute Gasteiger partial charge is 0.240 e. The van der Waals surface area contributed by atoms with Crippen molar-refractivity contribution in [1.29, 1.82) is 0 Å². The minimum absolute atomic E-state index is 0.134. The number of nitrogens with one attached hydrogen (secondary N) is 1. The highest BCUT2D eigenvalue weighted by molar-refractivity contribution is 9.10. The topological polar surface area (TPSA) is 59.8 Å². The van der Waals surface area contributed by atoms with Crippen LogP contribution in [0.5, 0.6) is 0 Å². The number of halogens is 2. The molecule has 0 aliphatic rings. The molecule has 0 radical (unpaired) electrons. The lowest BCUT2D eigenvalue weighted by molar-refractivity contribution is -0.114. The largest absolute Gasteiger partial charge is 0.309 e. The standard InChI is InChI=1S/C21H16BrClN4OS/c1-13-2-4-15(5-3-13)18-12-29-21(24-18)27-19(25-20(28)11-23)10-17(26-27)14-6-8-16(22)9-7-14/h2-10,12H,11H2,1H3,(H,25,28). The van der Waals surface area contributed by atoms with Gasteiger partial charge >= 0.3 is 0 Å². The first-order valence-electron chi connectivity index (χ1n) is 8.78. The van der Waals surface area contributed by atoms with Gasteiger partial charge in [0, 0.05) is 27.0 Å². The van der Waals surface area contributed by atoms with Gasteiger partial charge in [-0.2, -0.15) is 9.78 Å². The third kappa shape index (κ3) is 4.42. The molecule has 0 spiro atoms. The first-order chi connectivity index (χ1) is 14.0. The van der Waals surface area contributed by atoms with Crippen molar-refractivity contribution < 1.29 is 4.79 Å². The van der Waals surface area contributed by atoms with E-state index >= 15 is 0 Å². The molecule has 2 heterocycles. The number of hydrogen-bond acceptors (Lipinski definition) is 4. The van der Waals surface area contributed by atoms with Crippen molar-refractivity contribution in [2.45, 2.75) is 6.92 Å². The van der Waals surface area contributed by atoms with Crippen LogP contribution < -0.4 is 5.32 Å². The molecule has 0 aliphatic heterocycles. The quantitative estimate of drug-likeness (QED) is 0.356. The summed E-state index contributed by atoms with van der Waals surface area (Å²) in [6.07, 6.45) is 0. The molecule has 146 valence electrons. The van der Waals surface area contributed by atoms with Crippen LogP contribution in [0.1, 0.15) is 5.56 Å². The average molecular weight is 488 g/mol. The number of nitrogens with zero attached hydrogens (tertiary/aromatic N) is 3. The van der Waals surface area contributed by atoms with Crippen molar-refractivity contribution in [3.63, 3.8) is 0 Å². The normalized spacial score (nSPS) is 10.9. The molecule has 0 bridgehead atoms. The Bertz CT molecular complexity index is 1150. The second-order valence-electron chi connectivity index (χ2n) is 6.40. The van der Waals surface area contributed by atoms with E-state index in [0.29, 0.717) is 10.9 Å². The molecule has 0 saturated carbocycles. The van der Waals surface area contributed by atoms with E-state index in [4.69, 9.17) is 16.6 Å². The maximum atomic E-state index is 11.9. The molecular formula is C21H16BrClN4OS. The Labute approximate surface area is 185 Å². The number of carbonyl (C=O) groups is 1. The molecule has 5 nitrogen and oxygen atoms in total. The third-order valence-electron chi connectivity index (χ3n) is 4.26. The average Bonchev–Trinajstić information content (AvgIpc) is 3.36. The summed E-state index contributed by atoms with van der Waals surface area (Å²) in [6.45, 7) is 2.05. The summed E-state index contributed by atoms with van der Waals surface area (Å²) in [4.78, 5) is 16.6. The summed E-state index contributed by atoms with van der Waals surface area (Å²) < 4.78 is 2.63. The van der Waals surface area contributed by atoms with Gasteiger partial charge in [0.25, 0.3) is 0 Å². The number of carbonyl (C=O) groups excluding carboxylic acids is 1. The predicted molar refractivity (Wildman–Crippen MR) is 122 cm³/mol. The summed E-state index contributed by atoms with van der Waals surface area (Å²) in [5.41, 5.74) is 4.75. The molecule has 0 aliphatic carbocycles. The summed E-state index contributed by atoms with van der Waals surface area (Å²) in [5, 5.41) is 10.1. The number of aryl methyl sites for hydroxylation is 1. The zero-order chi connectivity index (χ0) is 20.4. The SMILES string of the molecule is Cc1ccc(-c2csc(-n3nc(-c4ccc(Br)cc4)cc3NC(=O)CCl)n2)cc1. The highest BCUT2D eigenvalue weighted by atomic mass is 79.9. The lowest BCUT2D eigenvalue weighted by Crippen LogP contribution is -2.15. The van der Waals surface area contributed by atoms with Crippen LogP contribution in [0.3, 0.4) is 0 Å². The monoisotopic (exact) mass is 486 g/mol. The van der Waals surface area contributed by atoms with Crippen LogP contribution in [-0.2, 0) is 4.79 Å². The van der Waals surface area contributed by atoms with Crippen molar-refractivity contribution >= 4 is 50.6 Å². The van der Waals surface area contributed by atoms with E-state index in [0.717, 1.165) is 27.0 Å². The molecule has 2 aromatic carbocycles. The summed E-state index contributed by atoms with van der Waals surface area (Å²) in [7, 11) is 0. The first-order valence-corrected chi connectivity index (χ1v) is 11.0. The van der Waals surface area contributed by atoms with Crippen molar-refractivity contribution in [3.8, 4) is 27.6 Å². The molecule has 0 saturated heterocycles. The van der Waals surface area contributed by atoms with Crippen molar-refractivity contribution in [1.82, 2.24) is 14.8 Å². The second-order valence-corrected chi connectivity index (χ2v) is 8.42. The number of amides is 1. The Balaban J connectivity index is 1.74. The maximum absolute atomic E-state index is 11.9. The van der Waals surface area contributed by atoms with E-state index in [1.165, 1.54) is 16.9 Å². The first kappa shape index (κ1) is 19.8. The summed E-state index contributed by atoms with van der Waals surface area (Å²) >= 11 is 10.6. The van der Waals surface area contributed by atoms with Crippen LogP contribution in [0.4, 0.5) is 5.82 Å². The number of hydrogen-bond donors (Lipinski definition) is 1. The molecule has 29 heavy (non-hydrogen) atoms. The van der Waals surface area contributed by atoms with Gasteiger partial charge in [-0.3, -0.25) is 4.79 Å². The summed E-state index contributed by atoms with van der Waals surface area (Å²) in [6, 6.07) is 17.8. The van der Waals surface area contributed by atoms with Crippen LogP contribution in [0.25, 0.3) is 27.6 Å². The van der Waals surface area contributed by atoms with E-state index in [-0.39, 0.29) is 11.8 Å². The van der Waals surface area contributed by atoms with Gasteiger partial charge in [-0.15, -0.1) is 22.9 Å². The van der Waals surface area contributed by atoms with Crippen LogP contribution in [-0.4, -0.2) is 26.6 Å². The fraction of sp³-hybridized carbons (Fsp3) is 0.0952. The van der Waals surface area contributed by atoms with Crippen LogP contribution in [0, 0.1) is 6.92 Å². The van der Waals surface area contributed by atoms with Crippen LogP contribution >= 0.6 is 38.9 Å². The molecule has 4 rings (SSSR count). The highest BCUT2D eigenvalue weighted by Gasteiger charge is 2.16. The van der Waals surface area contributed by atoms with Gasteiger partial charge in [0.2, 0.25) is 11.0 Å². The molecule has 8 heteroatoms. The zero-order valence-corrected chi connectivity index (χ0v) is 18.6. The molecule has 4 aromatic rings. The van der Waals surface area contributed by atoms with Crippen molar-refractivity contribution in [2.24, 2.45) is 0 Å². The second kappa shape index (κ2) is 8.49. The van der Waals surface area contributed by atoms with Gasteiger partial charge in [0.1, 0.15) is 11.7 Å². The molecule has 0 atom stereocenters. The van der Waals surface area contributed by atoms with Crippen LogP contribution in [0.2, 0.25) is 0 Å². The van der Waals surface area contributed by atoms with E-state index in [2.05, 4.69) is 45.4 Å². The molecular weight excluding hydrogens is 472 g/mol. The number of thiazole rings is 1. The van der Waals surface area contributed by atoms with E-state index in [1.807, 2.05) is 47.8 Å². The van der Waals surface area contributed by atoms with Gasteiger partial charge in [0.05, 0.1) is 11.4 Å². The van der Waals surface area contributed by atoms with E-state index in [9.17, 15) is 4.79 Å². The van der Waals surface area contributed by atoms with E-state index in [1.54, 1.807) is 4.68 Å². The van der Waals surface area contributed by atoms with Gasteiger partial charge < -0.3 is 5.32 Å². The fourth-order valence-electron chi connectivity index (χ4n) is 2.77. The molecule has 1 amide bonds. The number of aromatic nitrogens is 3. The fourth-order valence-corrected chi connectivity index (χ4v) is 3.90. The Morgan fingerprint density at radius 3 is 2.45 bits per heavy atom. The Morgan fingerprint density at radius 1 is 1.10 bits per heavy atom. The maximum Gasteiger partial charge on any atom is 0.240 e. The lowest BCUT2D eigenvalue weighted by Gasteiger charge is -2.04. The molecule has 0 fully saturated rings. The van der Waals surface area contributed by atoms with Crippen molar-refractivity contribution in [3.05, 3.63) is 70.0 Å². The minimum Gasteiger partial charge on any atom is -0.309 e. The highest BCUT2D eigenvalue weighted by Crippen LogP contribution is 2.29. The molecule has 2 aromatic heterocycles. The zero-order valence-electron chi connectivity index (χ0n) is 15.4. The Hall–Kier alpha value is -2.48.